The van der Waals surface area contributed by atoms with Gasteiger partial charge in [-0.25, -0.2) is 4.79 Å². The van der Waals surface area contributed by atoms with Crippen molar-refractivity contribution in [2.24, 2.45) is 0 Å². The molecule has 4 rings (SSSR count). The predicted molar refractivity (Wildman–Crippen MR) is 120 cm³/mol. The fraction of sp³-hybridized carbons (Fsp3) is 0.360. The zero-order chi connectivity index (χ0) is 22.9. The molecule has 0 fully saturated rings. The van der Waals surface area contributed by atoms with Crippen LogP contribution in [0.15, 0.2) is 51.7 Å². The summed E-state index contributed by atoms with van der Waals surface area (Å²) in [5, 5.41) is 13.1. The Hall–Kier alpha value is -3.32. The zero-order valence-electron chi connectivity index (χ0n) is 18.4. The number of carbonyl (C=O) groups is 1. The van der Waals surface area contributed by atoms with E-state index in [9.17, 15) is 14.7 Å². The van der Waals surface area contributed by atoms with Gasteiger partial charge in [0.05, 0.1) is 18.0 Å². The third-order valence-electron chi connectivity index (χ3n) is 5.68. The minimum Gasteiger partial charge on any atom is -0.487 e. The first-order chi connectivity index (χ1) is 15.3. The van der Waals surface area contributed by atoms with E-state index in [0.717, 1.165) is 17.5 Å². The highest BCUT2D eigenvalue weighted by molar-refractivity contribution is 5.91. The number of aliphatic hydroxyl groups is 1. The Balaban J connectivity index is 1.61. The lowest BCUT2D eigenvalue weighted by Crippen LogP contribution is -2.34. The first-order valence-corrected chi connectivity index (χ1v) is 10.6. The lowest BCUT2D eigenvalue weighted by Gasteiger charge is -2.33. The Morgan fingerprint density at radius 2 is 2.00 bits per heavy atom. The highest BCUT2D eigenvalue weighted by atomic mass is 16.5. The second-order valence-corrected chi connectivity index (χ2v) is 8.67. The van der Waals surface area contributed by atoms with Crippen molar-refractivity contribution in [2.75, 3.05) is 13.2 Å². The summed E-state index contributed by atoms with van der Waals surface area (Å²) in [6.07, 6.45) is 1.50. The van der Waals surface area contributed by atoms with Gasteiger partial charge in [0.15, 0.2) is 6.61 Å². The molecule has 0 radical (unpaired) electrons. The molecule has 1 aliphatic rings. The third-order valence-corrected chi connectivity index (χ3v) is 5.68. The number of nitrogens with one attached hydrogen (secondary N) is 1. The zero-order valence-corrected chi connectivity index (χ0v) is 18.4. The topological polar surface area (TPSA) is 98.0 Å². The number of rotatable bonds is 6. The van der Waals surface area contributed by atoms with Gasteiger partial charge in [0.2, 0.25) is 0 Å². The fourth-order valence-corrected chi connectivity index (χ4v) is 4.03. The number of carbonyl (C=O) groups excluding carboxylic acids is 1. The van der Waals surface area contributed by atoms with Crippen molar-refractivity contribution in [3.8, 4) is 11.5 Å². The van der Waals surface area contributed by atoms with Crippen LogP contribution >= 0.6 is 0 Å². The Morgan fingerprint density at radius 3 is 2.72 bits per heavy atom. The summed E-state index contributed by atoms with van der Waals surface area (Å²) in [5.74, 6) is 0.624. The molecule has 3 aromatic rings. The van der Waals surface area contributed by atoms with Gasteiger partial charge >= 0.3 is 5.63 Å². The van der Waals surface area contributed by atoms with Crippen molar-refractivity contribution in [1.82, 2.24) is 5.32 Å². The van der Waals surface area contributed by atoms with Crippen LogP contribution < -0.4 is 20.4 Å². The molecule has 1 aliphatic heterocycles. The number of hydrogen-bond donors (Lipinski definition) is 2. The molecule has 0 bridgehead atoms. The van der Waals surface area contributed by atoms with Crippen LogP contribution in [-0.4, -0.2) is 29.8 Å². The maximum atomic E-state index is 12.6. The van der Waals surface area contributed by atoms with E-state index < -0.39 is 11.7 Å². The van der Waals surface area contributed by atoms with Gasteiger partial charge in [-0.3, -0.25) is 4.79 Å². The molecule has 2 aromatic carbocycles. The lowest BCUT2D eigenvalue weighted by molar-refractivity contribution is -0.124. The molecule has 1 amide bonds. The van der Waals surface area contributed by atoms with Gasteiger partial charge in [0.1, 0.15) is 22.7 Å². The molecule has 0 spiro atoms. The average Bonchev–Trinajstić information content (AvgIpc) is 2.75. The highest BCUT2D eigenvalue weighted by Gasteiger charge is 2.30. The first kappa shape index (κ1) is 21.9. The number of aryl methyl sites for hydroxylation is 2. The standard InChI is InChI=1S/C25H27NO6/c1-15-11-22(29)31-24-17-9-10-25(2,3)32-19(17)12-20(23(15)24)30-14-21(28)26-18(13-27)16-7-5-4-6-8-16/h4-8,11-12,18,27H,9-10,13-14H2,1-3H3,(H,26,28). The van der Waals surface area contributed by atoms with Crippen LogP contribution in [0.3, 0.4) is 0 Å². The monoisotopic (exact) mass is 437 g/mol. The second kappa shape index (κ2) is 8.67. The van der Waals surface area contributed by atoms with Crippen molar-refractivity contribution in [3.05, 3.63) is 69.6 Å². The smallest absolute Gasteiger partial charge is 0.336 e. The maximum Gasteiger partial charge on any atom is 0.336 e. The number of benzene rings is 2. The van der Waals surface area contributed by atoms with Crippen molar-refractivity contribution in [2.45, 2.75) is 45.3 Å². The average molecular weight is 437 g/mol. The van der Waals surface area contributed by atoms with Crippen LogP contribution in [0.2, 0.25) is 0 Å². The van der Waals surface area contributed by atoms with E-state index in [-0.39, 0.29) is 24.7 Å². The minimum absolute atomic E-state index is 0.231. The van der Waals surface area contributed by atoms with E-state index in [1.165, 1.54) is 6.07 Å². The molecule has 32 heavy (non-hydrogen) atoms. The van der Waals surface area contributed by atoms with Crippen LogP contribution in [0.5, 0.6) is 11.5 Å². The fourth-order valence-electron chi connectivity index (χ4n) is 4.03. The summed E-state index contributed by atoms with van der Waals surface area (Å²) in [6.45, 7) is 5.31. The first-order valence-electron chi connectivity index (χ1n) is 10.6. The summed E-state index contributed by atoms with van der Waals surface area (Å²) < 4.78 is 17.5. The molecular formula is C25H27NO6. The predicted octanol–water partition coefficient (Wildman–Crippen LogP) is 3.43. The Bertz CT molecular complexity index is 1200. The molecule has 2 heterocycles. The molecule has 2 N–H and O–H groups in total. The molecule has 7 heteroatoms. The van der Waals surface area contributed by atoms with Crippen molar-refractivity contribution in [1.29, 1.82) is 0 Å². The van der Waals surface area contributed by atoms with Crippen LogP contribution in [0.1, 0.15) is 43.0 Å². The second-order valence-electron chi connectivity index (χ2n) is 8.67. The number of fused-ring (bicyclic) bond motifs is 3. The quantitative estimate of drug-likeness (QED) is 0.574. The van der Waals surface area contributed by atoms with Gasteiger partial charge in [-0.05, 0) is 44.7 Å². The number of amides is 1. The maximum absolute atomic E-state index is 12.6. The molecule has 0 aliphatic carbocycles. The Kier molecular flexibility index (Phi) is 5.93. The Labute approximate surface area is 186 Å². The van der Waals surface area contributed by atoms with Gasteiger partial charge in [-0.2, -0.15) is 0 Å². The van der Waals surface area contributed by atoms with Crippen LogP contribution in [0, 0.1) is 6.92 Å². The van der Waals surface area contributed by atoms with Crippen LogP contribution in [-0.2, 0) is 11.2 Å². The SMILES string of the molecule is Cc1cc(=O)oc2c3c(cc(OCC(=O)NC(CO)c4ccccc4)c12)OC(C)(C)CC3. The van der Waals surface area contributed by atoms with E-state index in [1.54, 1.807) is 6.07 Å². The van der Waals surface area contributed by atoms with Crippen LogP contribution in [0.4, 0.5) is 0 Å². The van der Waals surface area contributed by atoms with Gasteiger partial charge in [0.25, 0.3) is 5.91 Å². The molecule has 1 aromatic heterocycles. The van der Waals surface area contributed by atoms with E-state index in [4.69, 9.17) is 13.9 Å². The van der Waals surface area contributed by atoms with Crippen molar-refractivity contribution in [3.63, 3.8) is 0 Å². The summed E-state index contributed by atoms with van der Waals surface area (Å²) in [4.78, 5) is 24.6. The number of ether oxygens (including phenoxy) is 2. The summed E-state index contributed by atoms with van der Waals surface area (Å²) in [5.41, 5.74) is 1.99. The van der Waals surface area contributed by atoms with E-state index >= 15 is 0 Å². The molecule has 168 valence electrons. The summed E-state index contributed by atoms with van der Waals surface area (Å²) >= 11 is 0. The third kappa shape index (κ3) is 4.48. The van der Waals surface area contributed by atoms with Crippen LogP contribution in [0.25, 0.3) is 11.0 Å². The van der Waals surface area contributed by atoms with Gasteiger partial charge in [-0.15, -0.1) is 0 Å². The van der Waals surface area contributed by atoms with Gasteiger partial charge < -0.3 is 24.3 Å². The summed E-state index contributed by atoms with van der Waals surface area (Å²) in [7, 11) is 0. The molecule has 0 saturated carbocycles. The molecular weight excluding hydrogens is 410 g/mol. The van der Waals surface area contributed by atoms with Crippen molar-refractivity contribution < 1.29 is 23.8 Å². The normalized spacial score (nSPS) is 15.5. The lowest BCUT2D eigenvalue weighted by atomic mass is 9.92. The number of aliphatic hydroxyl groups excluding tert-OH is 1. The van der Waals surface area contributed by atoms with E-state index in [2.05, 4.69) is 5.32 Å². The number of hydrogen-bond acceptors (Lipinski definition) is 6. The van der Waals surface area contributed by atoms with Gasteiger partial charge in [-0.1, -0.05) is 30.3 Å². The van der Waals surface area contributed by atoms with Crippen molar-refractivity contribution >= 4 is 16.9 Å². The largest absolute Gasteiger partial charge is 0.487 e. The Morgan fingerprint density at radius 1 is 1.25 bits per heavy atom. The minimum atomic E-state index is -0.531. The molecule has 1 unspecified atom stereocenters. The van der Waals surface area contributed by atoms with E-state index in [1.807, 2.05) is 51.1 Å². The van der Waals surface area contributed by atoms with E-state index in [0.29, 0.717) is 34.5 Å². The molecule has 0 saturated heterocycles. The molecule has 1 atom stereocenters. The van der Waals surface area contributed by atoms with Gasteiger partial charge in [0, 0.05) is 17.7 Å². The molecule has 7 nitrogen and oxygen atoms in total. The summed E-state index contributed by atoms with van der Waals surface area (Å²) in [6, 6.07) is 11.9. The highest BCUT2D eigenvalue weighted by Crippen LogP contribution is 2.42.